The lowest BCUT2D eigenvalue weighted by Crippen LogP contribution is -2.52. The van der Waals surface area contributed by atoms with Crippen LogP contribution in [-0.4, -0.2) is 77.4 Å². The predicted molar refractivity (Wildman–Crippen MR) is 140 cm³/mol. The molecule has 1 unspecified atom stereocenters. The number of hydrogen-bond donors (Lipinski definition) is 7. The standard InChI is InChI=1S/C23H26N6O6.C2HF3O2/c24-19(25)15-6-8-16(9-7-15)29-11-10-17(20(29)30)27-22(33)26-12-18(21(31)32)28-23(34)35-13-14-4-2-1-3-5-14;3-2(4,5)1(6)7/h1-9,17-18H,10-13H2,(H3,24,25)(H,28,34)(H,31,32)(H2,26,27,33);(H,6,7)/t17?,18-;/m0./s1. The van der Waals surface area contributed by atoms with Crippen LogP contribution in [0.3, 0.4) is 0 Å². The van der Waals surface area contributed by atoms with E-state index in [4.69, 9.17) is 25.8 Å². The lowest BCUT2D eigenvalue weighted by atomic mass is 10.2. The number of aliphatic carboxylic acids is 2. The average Bonchev–Trinajstić information content (AvgIpc) is 3.29. The molecule has 1 aliphatic heterocycles. The van der Waals surface area contributed by atoms with Crippen molar-refractivity contribution in [3.8, 4) is 0 Å². The number of carbonyl (C=O) groups excluding carboxylic acids is 3. The van der Waals surface area contributed by atoms with Crippen molar-refractivity contribution < 1.29 is 52.1 Å². The van der Waals surface area contributed by atoms with Crippen LogP contribution in [0.2, 0.25) is 0 Å². The number of amidine groups is 1. The summed E-state index contributed by atoms with van der Waals surface area (Å²) in [4.78, 5) is 58.7. The number of carboxylic acids is 2. The van der Waals surface area contributed by atoms with Crippen LogP contribution in [0.4, 0.5) is 28.4 Å². The molecule has 0 aliphatic carbocycles. The number of nitrogens with two attached hydrogens (primary N) is 1. The molecular weight excluding hydrogens is 569 g/mol. The van der Waals surface area contributed by atoms with Crippen LogP contribution >= 0.6 is 0 Å². The lowest BCUT2D eigenvalue weighted by Gasteiger charge is -2.19. The molecule has 42 heavy (non-hydrogen) atoms. The number of urea groups is 1. The number of alkyl carbamates (subject to hydrolysis) is 1. The molecule has 2 aromatic rings. The Bertz CT molecular complexity index is 1290. The number of hydrogen-bond acceptors (Lipinski definition) is 7. The maximum absolute atomic E-state index is 12.7. The zero-order valence-electron chi connectivity index (χ0n) is 21.7. The summed E-state index contributed by atoms with van der Waals surface area (Å²) in [5, 5.41) is 31.0. The number of nitrogens with one attached hydrogen (secondary N) is 4. The molecule has 14 nitrogen and oxygen atoms in total. The molecule has 1 heterocycles. The van der Waals surface area contributed by atoms with Gasteiger partial charge in [0.05, 0.1) is 6.54 Å². The number of alkyl halides is 3. The summed E-state index contributed by atoms with van der Waals surface area (Å²) in [6.07, 6.45) is -5.67. The summed E-state index contributed by atoms with van der Waals surface area (Å²) in [6, 6.07) is 12.5. The summed E-state index contributed by atoms with van der Waals surface area (Å²) in [7, 11) is 0. The molecule has 4 amide bonds. The molecule has 1 aliphatic rings. The first kappa shape index (κ1) is 32.9. The van der Waals surface area contributed by atoms with E-state index < -0.39 is 48.9 Å². The van der Waals surface area contributed by atoms with Gasteiger partial charge in [0.2, 0.25) is 5.91 Å². The fourth-order valence-corrected chi connectivity index (χ4v) is 3.40. The number of halogens is 3. The third-order valence-corrected chi connectivity index (χ3v) is 5.51. The largest absolute Gasteiger partial charge is 0.490 e. The van der Waals surface area contributed by atoms with Gasteiger partial charge in [-0.05, 0) is 36.2 Å². The molecule has 2 aromatic carbocycles. The quantitative estimate of drug-likeness (QED) is 0.164. The molecule has 0 aromatic heterocycles. The summed E-state index contributed by atoms with van der Waals surface area (Å²) in [5.74, 6) is -4.53. The monoisotopic (exact) mass is 596 g/mol. The summed E-state index contributed by atoms with van der Waals surface area (Å²) >= 11 is 0. The number of benzene rings is 2. The van der Waals surface area contributed by atoms with Crippen molar-refractivity contribution >= 4 is 41.5 Å². The Balaban J connectivity index is 0.000000782. The number of anilines is 1. The van der Waals surface area contributed by atoms with E-state index in [0.29, 0.717) is 24.2 Å². The van der Waals surface area contributed by atoms with Crippen LogP contribution in [0.15, 0.2) is 54.6 Å². The van der Waals surface area contributed by atoms with Crippen LogP contribution in [0.1, 0.15) is 17.5 Å². The Morgan fingerprint density at radius 2 is 1.67 bits per heavy atom. The van der Waals surface area contributed by atoms with Crippen molar-refractivity contribution in [1.82, 2.24) is 16.0 Å². The first-order valence-electron chi connectivity index (χ1n) is 12.0. The molecule has 17 heteroatoms. The van der Waals surface area contributed by atoms with Gasteiger partial charge in [0, 0.05) is 17.8 Å². The fourth-order valence-electron chi connectivity index (χ4n) is 3.40. The number of carbonyl (C=O) groups is 5. The van der Waals surface area contributed by atoms with E-state index >= 15 is 0 Å². The Morgan fingerprint density at radius 3 is 2.19 bits per heavy atom. The summed E-state index contributed by atoms with van der Waals surface area (Å²) < 4.78 is 36.7. The smallest absolute Gasteiger partial charge is 0.480 e. The van der Waals surface area contributed by atoms with Gasteiger partial charge in [-0.15, -0.1) is 0 Å². The first-order valence-corrected chi connectivity index (χ1v) is 12.0. The Morgan fingerprint density at radius 1 is 1.07 bits per heavy atom. The second kappa shape index (κ2) is 14.9. The molecule has 0 spiro atoms. The normalized spacial score (nSPS) is 15.0. The molecule has 0 radical (unpaired) electrons. The Hall–Kier alpha value is -5.35. The number of rotatable bonds is 9. The van der Waals surface area contributed by atoms with Crippen molar-refractivity contribution in [1.29, 1.82) is 5.41 Å². The number of carboxylic acid groups (broad SMARTS) is 2. The van der Waals surface area contributed by atoms with Gasteiger partial charge in [0.15, 0.2) is 0 Å². The molecule has 0 saturated carbocycles. The minimum atomic E-state index is -5.08. The van der Waals surface area contributed by atoms with Gasteiger partial charge in [-0.2, -0.15) is 13.2 Å². The molecule has 0 bridgehead atoms. The zero-order valence-corrected chi connectivity index (χ0v) is 21.7. The van der Waals surface area contributed by atoms with Gasteiger partial charge < -0.3 is 41.5 Å². The highest BCUT2D eigenvalue weighted by molar-refractivity contribution is 6.02. The minimum absolute atomic E-state index is 0.0370. The number of ether oxygens (including phenoxy) is 1. The summed E-state index contributed by atoms with van der Waals surface area (Å²) in [6.45, 7) is -0.0841. The van der Waals surface area contributed by atoms with Gasteiger partial charge in [-0.1, -0.05) is 30.3 Å². The molecule has 1 fully saturated rings. The highest BCUT2D eigenvalue weighted by Crippen LogP contribution is 2.22. The predicted octanol–water partition coefficient (Wildman–Crippen LogP) is 1.39. The second-order valence-corrected chi connectivity index (χ2v) is 8.55. The van der Waals surface area contributed by atoms with E-state index in [9.17, 15) is 37.5 Å². The lowest BCUT2D eigenvalue weighted by molar-refractivity contribution is -0.192. The molecule has 226 valence electrons. The minimum Gasteiger partial charge on any atom is -0.480 e. The van der Waals surface area contributed by atoms with Gasteiger partial charge in [-0.25, -0.2) is 19.2 Å². The van der Waals surface area contributed by atoms with Gasteiger partial charge in [-0.3, -0.25) is 10.2 Å². The topological polar surface area (TPSA) is 224 Å². The van der Waals surface area contributed by atoms with Gasteiger partial charge in [0.1, 0.15) is 24.5 Å². The van der Waals surface area contributed by atoms with Crippen LogP contribution in [0.25, 0.3) is 0 Å². The van der Waals surface area contributed by atoms with Crippen molar-refractivity contribution in [3.63, 3.8) is 0 Å². The molecule has 1 saturated heterocycles. The van der Waals surface area contributed by atoms with E-state index in [1.807, 2.05) is 6.07 Å². The van der Waals surface area contributed by atoms with Gasteiger partial charge >= 0.3 is 30.2 Å². The zero-order chi connectivity index (χ0) is 31.4. The third-order valence-electron chi connectivity index (χ3n) is 5.51. The first-order chi connectivity index (χ1) is 19.7. The van der Waals surface area contributed by atoms with E-state index in [-0.39, 0.29) is 18.3 Å². The van der Waals surface area contributed by atoms with Crippen LogP contribution in [0.5, 0.6) is 0 Å². The summed E-state index contributed by atoms with van der Waals surface area (Å²) in [5.41, 5.74) is 7.30. The maximum atomic E-state index is 12.7. The van der Waals surface area contributed by atoms with Crippen molar-refractivity contribution in [2.45, 2.75) is 31.3 Å². The third kappa shape index (κ3) is 10.3. The highest BCUT2D eigenvalue weighted by Gasteiger charge is 2.38. The Labute approximate surface area is 236 Å². The second-order valence-electron chi connectivity index (χ2n) is 8.55. The molecule has 8 N–H and O–H groups in total. The number of nitrogen functional groups attached to an aromatic ring is 1. The molecule has 3 rings (SSSR count). The van der Waals surface area contributed by atoms with Crippen molar-refractivity contribution in [2.75, 3.05) is 18.0 Å². The van der Waals surface area contributed by atoms with Crippen molar-refractivity contribution in [2.24, 2.45) is 5.73 Å². The maximum Gasteiger partial charge on any atom is 0.490 e. The number of nitrogens with zero attached hydrogens (tertiary/aromatic N) is 1. The fraction of sp³-hybridized carbons (Fsp3) is 0.280. The van der Waals surface area contributed by atoms with E-state index in [1.165, 1.54) is 4.90 Å². The van der Waals surface area contributed by atoms with E-state index in [0.717, 1.165) is 5.56 Å². The molecular formula is C25H27F3N6O8. The Kier molecular flexibility index (Phi) is 11.6. The van der Waals surface area contributed by atoms with Crippen LogP contribution in [-0.2, 0) is 25.7 Å². The van der Waals surface area contributed by atoms with Crippen LogP contribution in [0, 0.1) is 5.41 Å². The molecule has 2 atom stereocenters. The highest BCUT2D eigenvalue weighted by atomic mass is 19.4. The SMILES string of the molecule is N=C(N)c1ccc(N2CCC(NC(=O)NC[C@H](NC(=O)OCc3ccccc3)C(=O)O)C2=O)cc1.O=C(O)C(F)(F)F. The van der Waals surface area contributed by atoms with Crippen LogP contribution < -0.4 is 26.6 Å². The van der Waals surface area contributed by atoms with Gasteiger partial charge in [0.25, 0.3) is 0 Å². The van der Waals surface area contributed by atoms with Crippen molar-refractivity contribution in [3.05, 3.63) is 65.7 Å². The van der Waals surface area contributed by atoms with E-state index in [2.05, 4.69) is 16.0 Å². The van der Waals surface area contributed by atoms with E-state index in [1.54, 1.807) is 48.5 Å². The number of amides is 4. The average molecular weight is 597 g/mol.